The van der Waals surface area contributed by atoms with Crippen molar-refractivity contribution in [3.8, 4) is 11.5 Å². The summed E-state index contributed by atoms with van der Waals surface area (Å²) in [5.41, 5.74) is 2.07. The van der Waals surface area contributed by atoms with Gasteiger partial charge in [-0.25, -0.2) is 0 Å². The third kappa shape index (κ3) is 2.04. The first-order valence-electron chi connectivity index (χ1n) is 5.81. The standard InChI is InChI=1S/C13H18BrNO2/c1-8-9(14)7-10(16)12(17-3)11(8)13(2)5-4-6-15-13/h7,15-16H,4-6H2,1-3H3. The molecule has 0 aliphatic carbocycles. The smallest absolute Gasteiger partial charge is 0.165 e. The lowest BCUT2D eigenvalue weighted by atomic mass is 9.86. The number of ether oxygens (including phenoxy) is 1. The van der Waals surface area contributed by atoms with E-state index >= 15 is 0 Å². The van der Waals surface area contributed by atoms with Gasteiger partial charge in [-0.2, -0.15) is 0 Å². The number of phenolic OH excluding ortho intramolecular Hbond substituents is 1. The van der Waals surface area contributed by atoms with Gasteiger partial charge in [0, 0.05) is 15.6 Å². The van der Waals surface area contributed by atoms with Gasteiger partial charge in [-0.05, 0) is 44.9 Å². The fraction of sp³-hybridized carbons (Fsp3) is 0.538. The molecule has 4 heteroatoms. The number of phenols is 1. The normalized spacial score (nSPS) is 24.0. The van der Waals surface area contributed by atoms with Crippen LogP contribution in [0.1, 0.15) is 30.9 Å². The number of hydrogen-bond donors (Lipinski definition) is 2. The molecule has 2 N–H and O–H groups in total. The van der Waals surface area contributed by atoms with Gasteiger partial charge in [-0.15, -0.1) is 0 Å². The van der Waals surface area contributed by atoms with Crippen molar-refractivity contribution in [2.45, 2.75) is 32.2 Å². The summed E-state index contributed by atoms with van der Waals surface area (Å²) >= 11 is 3.49. The zero-order valence-corrected chi connectivity index (χ0v) is 12.0. The predicted molar refractivity (Wildman–Crippen MR) is 71.7 cm³/mol. The SMILES string of the molecule is COc1c(O)cc(Br)c(C)c1C1(C)CCCN1. The van der Waals surface area contributed by atoms with E-state index in [1.54, 1.807) is 13.2 Å². The van der Waals surface area contributed by atoms with Crippen LogP contribution in [-0.2, 0) is 5.54 Å². The molecule has 1 heterocycles. The van der Waals surface area contributed by atoms with Crippen LogP contribution in [0, 0.1) is 6.92 Å². The van der Waals surface area contributed by atoms with Crippen LogP contribution in [0.25, 0.3) is 0 Å². The molecule has 1 unspecified atom stereocenters. The number of nitrogens with one attached hydrogen (secondary N) is 1. The maximum atomic E-state index is 9.99. The fourth-order valence-corrected chi connectivity index (χ4v) is 3.11. The lowest BCUT2D eigenvalue weighted by Gasteiger charge is -2.29. The Balaban J connectivity index is 2.65. The van der Waals surface area contributed by atoms with E-state index in [2.05, 4.69) is 28.2 Å². The number of aromatic hydroxyl groups is 1. The summed E-state index contributed by atoms with van der Waals surface area (Å²) in [7, 11) is 1.60. The number of rotatable bonds is 2. The first kappa shape index (κ1) is 12.7. The molecule has 17 heavy (non-hydrogen) atoms. The largest absolute Gasteiger partial charge is 0.504 e. The van der Waals surface area contributed by atoms with Crippen molar-refractivity contribution in [3.63, 3.8) is 0 Å². The third-order valence-corrected chi connectivity index (χ3v) is 4.40. The molecule has 1 atom stereocenters. The zero-order chi connectivity index (χ0) is 12.6. The number of methoxy groups -OCH3 is 1. The molecule has 1 aromatic carbocycles. The summed E-state index contributed by atoms with van der Waals surface area (Å²) in [6, 6.07) is 1.69. The molecular formula is C13H18BrNO2. The van der Waals surface area contributed by atoms with Gasteiger partial charge >= 0.3 is 0 Å². The Morgan fingerprint density at radius 3 is 2.76 bits per heavy atom. The first-order chi connectivity index (χ1) is 7.99. The van der Waals surface area contributed by atoms with Crippen molar-refractivity contribution in [2.24, 2.45) is 0 Å². The van der Waals surface area contributed by atoms with E-state index in [-0.39, 0.29) is 11.3 Å². The molecule has 2 rings (SSSR count). The van der Waals surface area contributed by atoms with Crippen molar-refractivity contribution < 1.29 is 9.84 Å². The zero-order valence-electron chi connectivity index (χ0n) is 10.4. The van der Waals surface area contributed by atoms with Crippen LogP contribution in [0.15, 0.2) is 10.5 Å². The quantitative estimate of drug-likeness (QED) is 0.882. The van der Waals surface area contributed by atoms with Gasteiger partial charge in [0.1, 0.15) is 0 Å². The molecule has 0 spiro atoms. The first-order valence-corrected chi connectivity index (χ1v) is 6.60. The van der Waals surface area contributed by atoms with Crippen LogP contribution in [0.5, 0.6) is 11.5 Å². The molecule has 1 aromatic rings. The summed E-state index contributed by atoms with van der Waals surface area (Å²) in [4.78, 5) is 0. The molecule has 0 radical (unpaired) electrons. The topological polar surface area (TPSA) is 41.5 Å². The Kier molecular flexibility index (Phi) is 3.36. The molecule has 1 aliphatic heterocycles. The fourth-order valence-electron chi connectivity index (χ4n) is 2.69. The van der Waals surface area contributed by atoms with Gasteiger partial charge in [0.15, 0.2) is 11.5 Å². The summed E-state index contributed by atoms with van der Waals surface area (Å²) in [6.45, 7) is 5.22. The van der Waals surface area contributed by atoms with E-state index < -0.39 is 0 Å². The number of hydrogen-bond acceptors (Lipinski definition) is 3. The summed E-state index contributed by atoms with van der Waals surface area (Å²) in [5, 5.41) is 13.5. The van der Waals surface area contributed by atoms with Gasteiger partial charge in [0.2, 0.25) is 0 Å². The highest BCUT2D eigenvalue weighted by atomic mass is 79.9. The van der Waals surface area contributed by atoms with Crippen molar-refractivity contribution in [2.75, 3.05) is 13.7 Å². The van der Waals surface area contributed by atoms with Crippen molar-refractivity contribution in [1.29, 1.82) is 0 Å². The molecule has 1 saturated heterocycles. The molecule has 94 valence electrons. The maximum absolute atomic E-state index is 9.99. The van der Waals surface area contributed by atoms with Crippen LogP contribution < -0.4 is 10.1 Å². The predicted octanol–water partition coefficient (Wildman–Crippen LogP) is 3.07. The minimum atomic E-state index is -0.114. The second-order valence-corrected chi connectivity index (χ2v) is 5.63. The number of benzene rings is 1. The Hall–Kier alpha value is -0.740. The van der Waals surface area contributed by atoms with Crippen LogP contribution in [0.4, 0.5) is 0 Å². The Morgan fingerprint density at radius 1 is 1.53 bits per heavy atom. The van der Waals surface area contributed by atoms with Gasteiger partial charge in [-0.3, -0.25) is 0 Å². The van der Waals surface area contributed by atoms with Crippen molar-refractivity contribution in [1.82, 2.24) is 5.32 Å². The minimum Gasteiger partial charge on any atom is -0.504 e. The summed E-state index contributed by atoms with van der Waals surface area (Å²) in [5.74, 6) is 0.775. The van der Waals surface area contributed by atoms with E-state index in [9.17, 15) is 5.11 Å². The van der Waals surface area contributed by atoms with Crippen LogP contribution in [0.2, 0.25) is 0 Å². The van der Waals surface area contributed by atoms with Crippen LogP contribution in [0.3, 0.4) is 0 Å². The molecule has 0 amide bonds. The molecular weight excluding hydrogens is 282 g/mol. The summed E-state index contributed by atoms with van der Waals surface area (Å²) < 4.78 is 6.30. The highest BCUT2D eigenvalue weighted by molar-refractivity contribution is 9.10. The Labute approximate surface area is 110 Å². The molecule has 3 nitrogen and oxygen atoms in total. The second kappa shape index (κ2) is 4.50. The minimum absolute atomic E-state index is 0.114. The van der Waals surface area contributed by atoms with E-state index in [1.807, 2.05) is 6.92 Å². The lowest BCUT2D eigenvalue weighted by Crippen LogP contribution is -2.34. The molecule has 0 saturated carbocycles. The number of halogens is 1. The summed E-state index contributed by atoms with van der Waals surface area (Å²) in [6.07, 6.45) is 2.20. The molecule has 0 bridgehead atoms. The van der Waals surface area contributed by atoms with Gasteiger partial charge in [0.05, 0.1) is 7.11 Å². The van der Waals surface area contributed by atoms with Crippen molar-refractivity contribution in [3.05, 3.63) is 21.7 Å². The van der Waals surface area contributed by atoms with E-state index in [4.69, 9.17) is 4.74 Å². The van der Waals surface area contributed by atoms with Gasteiger partial charge < -0.3 is 15.2 Å². The highest BCUT2D eigenvalue weighted by Crippen LogP contribution is 2.45. The van der Waals surface area contributed by atoms with Gasteiger partial charge in [0.25, 0.3) is 0 Å². The van der Waals surface area contributed by atoms with E-state index in [1.165, 1.54) is 0 Å². The monoisotopic (exact) mass is 299 g/mol. The second-order valence-electron chi connectivity index (χ2n) is 4.77. The van der Waals surface area contributed by atoms with Crippen LogP contribution >= 0.6 is 15.9 Å². The highest BCUT2D eigenvalue weighted by Gasteiger charge is 2.35. The van der Waals surface area contributed by atoms with Gasteiger partial charge in [-0.1, -0.05) is 15.9 Å². The molecule has 0 aromatic heterocycles. The van der Waals surface area contributed by atoms with E-state index in [0.717, 1.165) is 35.0 Å². The maximum Gasteiger partial charge on any atom is 0.165 e. The van der Waals surface area contributed by atoms with Crippen molar-refractivity contribution >= 4 is 15.9 Å². The molecule has 1 fully saturated rings. The lowest BCUT2D eigenvalue weighted by molar-refractivity contribution is 0.343. The average molecular weight is 300 g/mol. The average Bonchev–Trinajstić information content (AvgIpc) is 2.71. The Bertz CT molecular complexity index is 440. The molecule has 1 aliphatic rings. The Morgan fingerprint density at radius 2 is 2.24 bits per heavy atom. The van der Waals surface area contributed by atoms with Crippen LogP contribution in [-0.4, -0.2) is 18.8 Å². The van der Waals surface area contributed by atoms with E-state index in [0.29, 0.717) is 5.75 Å². The third-order valence-electron chi connectivity index (χ3n) is 3.58.